The third kappa shape index (κ3) is 2.92. The first-order chi connectivity index (χ1) is 7.60. The summed E-state index contributed by atoms with van der Waals surface area (Å²) in [6.07, 6.45) is 1.43. The molecule has 0 aliphatic rings. The van der Waals surface area contributed by atoms with Crippen LogP contribution in [-0.2, 0) is 4.74 Å². The molecule has 0 fully saturated rings. The molecule has 0 N–H and O–H groups in total. The van der Waals surface area contributed by atoms with Gasteiger partial charge >= 0.3 is 0 Å². The van der Waals surface area contributed by atoms with Crippen LogP contribution in [0.3, 0.4) is 0 Å². The summed E-state index contributed by atoms with van der Waals surface area (Å²) in [7, 11) is 1.60. The zero-order valence-electron chi connectivity index (χ0n) is 10.5. The van der Waals surface area contributed by atoms with Crippen LogP contribution in [0.25, 0.3) is 0 Å². The number of hydrogen-bond acceptors (Lipinski definition) is 2. The van der Waals surface area contributed by atoms with Crippen molar-refractivity contribution in [2.75, 3.05) is 7.11 Å². The summed E-state index contributed by atoms with van der Waals surface area (Å²) in [4.78, 5) is 12.2. The van der Waals surface area contributed by atoms with Crippen LogP contribution in [0.5, 0.6) is 0 Å². The molecule has 1 aromatic rings. The fourth-order valence-electron chi connectivity index (χ4n) is 1.88. The molecule has 16 heavy (non-hydrogen) atoms. The Morgan fingerprint density at radius 2 is 2.06 bits per heavy atom. The van der Waals surface area contributed by atoms with Crippen molar-refractivity contribution in [1.29, 1.82) is 0 Å². The highest BCUT2D eigenvalue weighted by atomic mass is 16.5. The third-order valence-electron chi connectivity index (χ3n) is 2.78. The second kappa shape index (κ2) is 5.80. The average molecular weight is 220 g/mol. The molecule has 0 aromatic heterocycles. The van der Waals surface area contributed by atoms with Crippen LogP contribution in [0, 0.1) is 13.8 Å². The molecule has 0 amide bonds. The van der Waals surface area contributed by atoms with E-state index in [9.17, 15) is 4.79 Å². The summed E-state index contributed by atoms with van der Waals surface area (Å²) in [5, 5.41) is 0. The Kier molecular flexibility index (Phi) is 4.69. The zero-order chi connectivity index (χ0) is 12.1. The Morgan fingerprint density at radius 1 is 1.38 bits per heavy atom. The van der Waals surface area contributed by atoms with Crippen LogP contribution in [0.1, 0.15) is 41.3 Å². The number of carbonyl (C=O) groups excluding carboxylic acids is 1. The maximum absolute atomic E-state index is 12.2. The number of rotatable bonds is 5. The average Bonchev–Trinajstić information content (AvgIpc) is 2.25. The molecule has 0 heterocycles. The molecule has 0 bridgehead atoms. The number of ketones is 1. The number of carbonyl (C=O) groups is 1. The summed E-state index contributed by atoms with van der Waals surface area (Å²) in [5.41, 5.74) is 2.99. The van der Waals surface area contributed by atoms with E-state index >= 15 is 0 Å². The van der Waals surface area contributed by atoms with Crippen molar-refractivity contribution in [3.8, 4) is 0 Å². The highest BCUT2D eigenvalue weighted by Crippen LogP contribution is 2.16. The van der Waals surface area contributed by atoms with E-state index in [0.29, 0.717) is 0 Å². The molecule has 88 valence electrons. The standard InChI is InChI=1S/C14H20O2/c1-5-6-13(16-4)14(15)12-8-7-10(2)9-11(12)3/h7-9,13H,5-6H2,1-4H3. The van der Waals surface area contributed by atoms with Crippen molar-refractivity contribution >= 4 is 5.78 Å². The van der Waals surface area contributed by atoms with E-state index in [0.717, 1.165) is 24.0 Å². The molecular formula is C14H20O2. The van der Waals surface area contributed by atoms with Gasteiger partial charge < -0.3 is 4.74 Å². The highest BCUT2D eigenvalue weighted by molar-refractivity contribution is 6.00. The number of Topliss-reactive ketones (excluding diaryl/α,β-unsaturated/α-hetero) is 1. The van der Waals surface area contributed by atoms with Crippen molar-refractivity contribution in [1.82, 2.24) is 0 Å². The van der Waals surface area contributed by atoms with Crippen LogP contribution < -0.4 is 0 Å². The normalized spacial score (nSPS) is 12.5. The van der Waals surface area contributed by atoms with Crippen molar-refractivity contribution in [3.05, 3.63) is 34.9 Å². The molecule has 1 atom stereocenters. The number of methoxy groups -OCH3 is 1. The lowest BCUT2D eigenvalue weighted by Crippen LogP contribution is -2.23. The van der Waals surface area contributed by atoms with Crippen molar-refractivity contribution in [3.63, 3.8) is 0 Å². The quantitative estimate of drug-likeness (QED) is 0.712. The third-order valence-corrected chi connectivity index (χ3v) is 2.78. The largest absolute Gasteiger partial charge is 0.373 e. The maximum Gasteiger partial charge on any atom is 0.191 e. The molecule has 0 saturated heterocycles. The lowest BCUT2D eigenvalue weighted by molar-refractivity contribution is 0.0578. The highest BCUT2D eigenvalue weighted by Gasteiger charge is 2.19. The smallest absolute Gasteiger partial charge is 0.191 e. The van der Waals surface area contributed by atoms with Crippen molar-refractivity contribution in [2.24, 2.45) is 0 Å². The molecule has 0 aliphatic heterocycles. The Morgan fingerprint density at radius 3 is 2.56 bits per heavy atom. The SMILES string of the molecule is CCCC(OC)C(=O)c1ccc(C)cc1C. The van der Waals surface area contributed by atoms with Gasteiger partial charge in [-0.25, -0.2) is 0 Å². The van der Waals surface area contributed by atoms with E-state index in [-0.39, 0.29) is 11.9 Å². The first kappa shape index (κ1) is 12.9. The fraction of sp³-hybridized carbons (Fsp3) is 0.500. The van der Waals surface area contributed by atoms with Crippen LogP contribution in [0.15, 0.2) is 18.2 Å². The summed E-state index contributed by atoms with van der Waals surface area (Å²) in [5.74, 6) is 0.0989. The first-order valence-corrected chi connectivity index (χ1v) is 5.74. The molecular weight excluding hydrogens is 200 g/mol. The minimum absolute atomic E-state index is 0.0989. The Balaban J connectivity index is 2.94. The Hall–Kier alpha value is -1.15. The number of ether oxygens (including phenoxy) is 1. The van der Waals surface area contributed by atoms with E-state index in [1.165, 1.54) is 5.56 Å². The fourth-order valence-corrected chi connectivity index (χ4v) is 1.88. The molecule has 2 nitrogen and oxygen atoms in total. The molecule has 0 radical (unpaired) electrons. The number of hydrogen-bond donors (Lipinski definition) is 0. The van der Waals surface area contributed by atoms with Crippen molar-refractivity contribution < 1.29 is 9.53 Å². The van der Waals surface area contributed by atoms with Gasteiger partial charge in [-0.05, 0) is 25.8 Å². The topological polar surface area (TPSA) is 26.3 Å². The van der Waals surface area contributed by atoms with Crippen LogP contribution in [-0.4, -0.2) is 19.0 Å². The van der Waals surface area contributed by atoms with Gasteiger partial charge in [0.25, 0.3) is 0 Å². The first-order valence-electron chi connectivity index (χ1n) is 5.74. The van der Waals surface area contributed by atoms with E-state index < -0.39 is 0 Å². The van der Waals surface area contributed by atoms with Crippen molar-refractivity contribution in [2.45, 2.75) is 39.7 Å². The van der Waals surface area contributed by atoms with Crippen LogP contribution in [0.2, 0.25) is 0 Å². The Bertz CT molecular complexity index is 369. The molecule has 0 aliphatic carbocycles. The van der Waals surface area contributed by atoms with E-state index in [4.69, 9.17) is 4.74 Å². The minimum Gasteiger partial charge on any atom is -0.373 e. The van der Waals surface area contributed by atoms with Gasteiger partial charge in [0.1, 0.15) is 6.10 Å². The van der Waals surface area contributed by atoms with Gasteiger partial charge in [0.2, 0.25) is 0 Å². The lowest BCUT2D eigenvalue weighted by atomic mass is 9.97. The van der Waals surface area contributed by atoms with Crippen LogP contribution in [0.4, 0.5) is 0 Å². The predicted octanol–water partition coefficient (Wildman–Crippen LogP) is 3.30. The van der Waals surface area contributed by atoms with Gasteiger partial charge in [-0.1, -0.05) is 37.1 Å². The monoisotopic (exact) mass is 220 g/mol. The Labute approximate surface area is 97.6 Å². The maximum atomic E-state index is 12.2. The summed E-state index contributed by atoms with van der Waals surface area (Å²) in [6.45, 7) is 6.06. The van der Waals surface area contributed by atoms with E-state index in [1.54, 1.807) is 7.11 Å². The molecule has 1 aromatic carbocycles. The number of aryl methyl sites for hydroxylation is 2. The molecule has 0 spiro atoms. The summed E-state index contributed by atoms with van der Waals surface area (Å²) < 4.78 is 5.24. The van der Waals surface area contributed by atoms with Gasteiger partial charge in [0.15, 0.2) is 5.78 Å². The minimum atomic E-state index is -0.300. The summed E-state index contributed by atoms with van der Waals surface area (Å²) in [6, 6.07) is 5.90. The second-order valence-electron chi connectivity index (χ2n) is 4.20. The molecule has 1 unspecified atom stereocenters. The van der Waals surface area contributed by atoms with Gasteiger partial charge in [0.05, 0.1) is 0 Å². The van der Waals surface area contributed by atoms with Gasteiger partial charge in [-0.3, -0.25) is 4.79 Å². The molecule has 0 saturated carbocycles. The van der Waals surface area contributed by atoms with E-state index in [2.05, 4.69) is 6.92 Å². The second-order valence-corrected chi connectivity index (χ2v) is 4.20. The zero-order valence-corrected chi connectivity index (χ0v) is 10.5. The number of benzene rings is 1. The summed E-state index contributed by atoms with van der Waals surface area (Å²) >= 11 is 0. The molecule has 2 heteroatoms. The molecule has 1 rings (SSSR count). The van der Waals surface area contributed by atoms with Gasteiger partial charge in [-0.2, -0.15) is 0 Å². The van der Waals surface area contributed by atoms with Gasteiger partial charge in [0, 0.05) is 12.7 Å². The van der Waals surface area contributed by atoms with Gasteiger partial charge in [-0.15, -0.1) is 0 Å². The lowest BCUT2D eigenvalue weighted by Gasteiger charge is -2.14. The van der Waals surface area contributed by atoms with Crippen LogP contribution >= 0.6 is 0 Å². The van der Waals surface area contributed by atoms with E-state index in [1.807, 2.05) is 32.0 Å². The predicted molar refractivity (Wildman–Crippen MR) is 66.0 cm³/mol.